The fourth-order valence-corrected chi connectivity index (χ4v) is 3.93. The number of aliphatic hydroxyl groups excluding tert-OH is 1. The summed E-state index contributed by atoms with van der Waals surface area (Å²) in [6, 6.07) is 3.63. The summed E-state index contributed by atoms with van der Waals surface area (Å²) in [7, 11) is 0. The first-order chi connectivity index (χ1) is 12.5. The van der Waals surface area contributed by atoms with Crippen molar-refractivity contribution in [3.8, 4) is 0 Å². The molecule has 1 aliphatic heterocycles. The Hall–Kier alpha value is -2.52. The summed E-state index contributed by atoms with van der Waals surface area (Å²) in [5.74, 6) is -0.127. The molecule has 0 unspecified atom stereocenters. The molecule has 1 N–H and O–H groups in total. The van der Waals surface area contributed by atoms with E-state index in [1.165, 1.54) is 22.2 Å². The van der Waals surface area contributed by atoms with Crippen molar-refractivity contribution in [3.05, 3.63) is 45.6 Å². The molecule has 0 radical (unpaired) electrons. The van der Waals surface area contributed by atoms with Crippen molar-refractivity contribution in [2.45, 2.75) is 39.1 Å². The van der Waals surface area contributed by atoms with Crippen molar-refractivity contribution >= 4 is 27.5 Å². The highest BCUT2D eigenvalue weighted by molar-refractivity contribution is 7.17. The maximum Gasteiger partial charge on any atom is 0.271 e. The second-order valence-corrected chi connectivity index (χ2v) is 7.36. The lowest BCUT2D eigenvalue weighted by Crippen LogP contribution is -2.36. The van der Waals surface area contributed by atoms with E-state index >= 15 is 0 Å². The Morgan fingerprint density at radius 2 is 2.27 bits per heavy atom. The summed E-state index contributed by atoms with van der Waals surface area (Å²) >= 11 is 1.33. The Balaban J connectivity index is 1.55. The van der Waals surface area contributed by atoms with Crippen LogP contribution < -0.4 is 5.56 Å². The molecule has 1 aliphatic rings. The quantitative estimate of drug-likeness (QED) is 0.743. The standard InChI is InChI=1S/C17H19N5O3S/c1-11(23)14-7-12-8-20(4-2-5-22(12)19-14)15(24)9-21-10-18-13-3-6-26-16(13)17(21)25/h3,6-7,10-11,23H,2,4-5,8-9H2,1H3/t11-/m0/s1. The summed E-state index contributed by atoms with van der Waals surface area (Å²) in [5, 5.41) is 15.9. The Labute approximate surface area is 153 Å². The summed E-state index contributed by atoms with van der Waals surface area (Å²) < 4.78 is 3.78. The Kier molecular flexibility index (Phi) is 4.33. The third kappa shape index (κ3) is 3.04. The van der Waals surface area contributed by atoms with Crippen molar-refractivity contribution in [3.63, 3.8) is 0 Å². The lowest BCUT2D eigenvalue weighted by Gasteiger charge is -2.20. The third-order valence-corrected chi connectivity index (χ3v) is 5.45. The second-order valence-electron chi connectivity index (χ2n) is 6.44. The van der Waals surface area contributed by atoms with Crippen molar-refractivity contribution < 1.29 is 9.90 Å². The van der Waals surface area contributed by atoms with Crippen LogP contribution in [0.4, 0.5) is 0 Å². The molecule has 0 spiro atoms. The van der Waals surface area contributed by atoms with Gasteiger partial charge in [0.2, 0.25) is 5.91 Å². The predicted molar refractivity (Wildman–Crippen MR) is 96.8 cm³/mol. The van der Waals surface area contributed by atoms with Crippen LogP contribution in [0.1, 0.15) is 30.8 Å². The number of amides is 1. The smallest absolute Gasteiger partial charge is 0.271 e. The van der Waals surface area contributed by atoms with E-state index in [0.717, 1.165) is 12.1 Å². The normalized spacial score (nSPS) is 15.7. The van der Waals surface area contributed by atoms with Crippen molar-refractivity contribution in [2.75, 3.05) is 6.54 Å². The number of thiophene rings is 1. The summed E-state index contributed by atoms with van der Waals surface area (Å²) in [5.41, 5.74) is 1.98. The van der Waals surface area contributed by atoms with Crippen LogP contribution in [0.2, 0.25) is 0 Å². The number of fused-ring (bicyclic) bond motifs is 2. The van der Waals surface area contributed by atoms with Crippen LogP contribution in [-0.2, 0) is 24.4 Å². The largest absolute Gasteiger partial charge is 0.387 e. The van der Waals surface area contributed by atoms with E-state index in [2.05, 4.69) is 10.1 Å². The van der Waals surface area contributed by atoms with Crippen molar-refractivity contribution in [1.29, 1.82) is 0 Å². The van der Waals surface area contributed by atoms with E-state index in [0.29, 0.717) is 35.5 Å². The maximum atomic E-state index is 12.8. The minimum Gasteiger partial charge on any atom is -0.387 e. The molecule has 4 rings (SSSR count). The third-order valence-electron chi connectivity index (χ3n) is 4.56. The first-order valence-electron chi connectivity index (χ1n) is 8.48. The van der Waals surface area contributed by atoms with Gasteiger partial charge in [-0.2, -0.15) is 5.10 Å². The predicted octanol–water partition coefficient (Wildman–Crippen LogP) is 1.14. The van der Waals surface area contributed by atoms with Crippen LogP contribution in [0, 0.1) is 0 Å². The number of aliphatic hydroxyl groups is 1. The summed E-state index contributed by atoms with van der Waals surface area (Å²) in [6.07, 6.45) is 1.57. The number of aryl methyl sites for hydroxylation is 1. The van der Waals surface area contributed by atoms with Crippen LogP contribution in [0.15, 0.2) is 28.6 Å². The fourth-order valence-electron chi connectivity index (χ4n) is 3.14. The van der Waals surface area contributed by atoms with E-state index in [9.17, 15) is 14.7 Å². The molecule has 26 heavy (non-hydrogen) atoms. The molecule has 3 aromatic rings. The topological polar surface area (TPSA) is 93.2 Å². The first-order valence-corrected chi connectivity index (χ1v) is 9.36. The van der Waals surface area contributed by atoms with Crippen molar-refractivity contribution in [1.82, 2.24) is 24.2 Å². The van der Waals surface area contributed by atoms with Gasteiger partial charge in [0.1, 0.15) is 11.2 Å². The summed E-state index contributed by atoms with van der Waals surface area (Å²) in [6.45, 7) is 3.37. The lowest BCUT2D eigenvalue weighted by atomic mass is 10.2. The van der Waals surface area contributed by atoms with Gasteiger partial charge in [0, 0.05) is 13.1 Å². The van der Waals surface area contributed by atoms with Gasteiger partial charge in [-0.1, -0.05) is 0 Å². The number of carbonyl (C=O) groups excluding carboxylic acids is 1. The molecule has 1 amide bonds. The zero-order chi connectivity index (χ0) is 18.3. The highest BCUT2D eigenvalue weighted by atomic mass is 32.1. The number of carbonyl (C=O) groups is 1. The second kappa shape index (κ2) is 6.65. The molecule has 1 atom stereocenters. The van der Waals surface area contributed by atoms with Gasteiger partial charge in [-0.05, 0) is 30.9 Å². The molecule has 0 aliphatic carbocycles. The highest BCUT2D eigenvalue weighted by Crippen LogP contribution is 2.18. The number of nitrogens with zero attached hydrogens (tertiary/aromatic N) is 5. The van der Waals surface area contributed by atoms with Crippen LogP contribution >= 0.6 is 11.3 Å². The molecule has 0 bridgehead atoms. The Morgan fingerprint density at radius 3 is 3.08 bits per heavy atom. The molecule has 0 aromatic carbocycles. The van der Waals surface area contributed by atoms with Crippen LogP contribution in [0.3, 0.4) is 0 Å². The molecular formula is C17H19N5O3S. The number of hydrogen-bond donors (Lipinski definition) is 1. The molecule has 3 aromatic heterocycles. The maximum absolute atomic E-state index is 12.8. The monoisotopic (exact) mass is 373 g/mol. The van der Waals surface area contributed by atoms with Crippen LogP contribution in [0.25, 0.3) is 10.2 Å². The zero-order valence-corrected chi connectivity index (χ0v) is 15.1. The SMILES string of the molecule is C[C@H](O)c1cc2n(n1)CCCN(C(=O)Cn1cnc3ccsc3c1=O)C2. The van der Waals surface area contributed by atoms with E-state index < -0.39 is 6.10 Å². The van der Waals surface area contributed by atoms with E-state index in [-0.39, 0.29) is 18.0 Å². The van der Waals surface area contributed by atoms with Crippen LogP contribution in [-0.4, -0.2) is 41.8 Å². The number of aromatic nitrogens is 4. The van der Waals surface area contributed by atoms with Crippen molar-refractivity contribution in [2.24, 2.45) is 0 Å². The number of rotatable bonds is 3. The molecule has 9 heteroatoms. The summed E-state index contributed by atoms with van der Waals surface area (Å²) in [4.78, 5) is 31.2. The zero-order valence-electron chi connectivity index (χ0n) is 14.3. The molecule has 0 saturated heterocycles. The highest BCUT2D eigenvalue weighted by Gasteiger charge is 2.22. The molecule has 0 saturated carbocycles. The van der Waals surface area contributed by atoms with Crippen LogP contribution in [0.5, 0.6) is 0 Å². The van der Waals surface area contributed by atoms with E-state index in [1.54, 1.807) is 17.9 Å². The van der Waals surface area contributed by atoms with Gasteiger partial charge in [-0.25, -0.2) is 4.98 Å². The van der Waals surface area contributed by atoms with Gasteiger partial charge in [0.25, 0.3) is 5.56 Å². The van der Waals surface area contributed by atoms with Gasteiger partial charge in [0.05, 0.1) is 35.9 Å². The number of hydrogen-bond acceptors (Lipinski definition) is 6. The molecule has 8 nitrogen and oxygen atoms in total. The minimum atomic E-state index is -0.638. The molecule has 0 fully saturated rings. The average Bonchev–Trinajstić information content (AvgIpc) is 3.20. The Bertz CT molecular complexity index is 1020. The van der Waals surface area contributed by atoms with Gasteiger partial charge >= 0.3 is 0 Å². The lowest BCUT2D eigenvalue weighted by molar-refractivity contribution is -0.132. The molecule has 4 heterocycles. The Morgan fingerprint density at radius 1 is 1.42 bits per heavy atom. The van der Waals surface area contributed by atoms with E-state index in [1.807, 2.05) is 16.1 Å². The van der Waals surface area contributed by atoms with Gasteiger partial charge in [0.15, 0.2) is 0 Å². The molecule has 136 valence electrons. The molecular weight excluding hydrogens is 354 g/mol. The first kappa shape index (κ1) is 16.9. The minimum absolute atomic E-state index is 0.0307. The average molecular weight is 373 g/mol. The van der Waals surface area contributed by atoms with E-state index in [4.69, 9.17) is 0 Å². The van der Waals surface area contributed by atoms with Gasteiger partial charge < -0.3 is 10.0 Å². The fraction of sp³-hybridized carbons (Fsp3) is 0.412. The van der Waals surface area contributed by atoms with Gasteiger partial charge in [-0.3, -0.25) is 18.8 Å². The van der Waals surface area contributed by atoms with Gasteiger partial charge in [-0.15, -0.1) is 11.3 Å².